The number of carbonyl (C=O) groups is 1. The van der Waals surface area contributed by atoms with E-state index in [-0.39, 0.29) is 102 Å². The fourth-order valence-corrected chi connectivity index (χ4v) is 23.4. The Bertz CT molecular complexity index is 5760. The summed E-state index contributed by atoms with van der Waals surface area (Å²) in [6.07, 6.45) is 17.6. The third kappa shape index (κ3) is 20.3. The van der Waals surface area contributed by atoms with E-state index in [1.807, 2.05) is 109 Å². The van der Waals surface area contributed by atoms with Crippen LogP contribution in [0.15, 0.2) is 206 Å². The lowest BCUT2D eigenvalue weighted by Gasteiger charge is -2.51. The standard InChI is InChI=1S/C23H25ClF2O2.2C23H23ClF2O2.C20H19ClF2O3.C20H17ClF2O3/c3*1-2-3-4-20-17-14-28-22-19(26)10-9-18(25)21(22)23(17,11-12-27-20)13-15-5-7-16(24)8-6-15;2*21-13-3-1-12(2-4-13)9-20-7-8-25-17(10-24)14(20)11-26-19-16(23)6-5-15(22)18(19)20/h5-10,17,20H,2-4,11-14H2,1H3;2*3-10,17,20H,2,11-14H2,1H3;1-6,14,17,24H,7-11H2;1-6,10,14,17H,7-9,11H2/b;2*4-3+;;/t3*17-,20-,23-;;/m000../s1. The van der Waals surface area contributed by atoms with E-state index < -0.39 is 103 Å². The van der Waals surface area contributed by atoms with Gasteiger partial charge in [0.2, 0.25) is 0 Å². The predicted molar refractivity (Wildman–Crippen MR) is 504 cm³/mol. The monoisotopic (exact) mass is 1970 g/mol. The molecule has 0 amide bonds. The van der Waals surface area contributed by atoms with Gasteiger partial charge in [0, 0.05) is 143 Å². The van der Waals surface area contributed by atoms with E-state index in [1.165, 1.54) is 18.2 Å². The molecule has 12 nitrogen and oxygen atoms in total. The molecular formula is C109H107Cl5F10O12. The van der Waals surface area contributed by atoms with E-state index in [9.17, 15) is 40.6 Å². The number of rotatable bonds is 19. The molecular weight excluding hydrogens is 1870 g/mol. The summed E-state index contributed by atoms with van der Waals surface area (Å²) in [7, 11) is 0. The summed E-state index contributed by atoms with van der Waals surface area (Å²) in [5.74, 6) is -5.76. The van der Waals surface area contributed by atoms with Crippen LogP contribution in [0.5, 0.6) is 28.7 Å². The molecule has 720 valence electrons. The fraction of sp³-hybridized carbons (Fsp3) is 0.404. The van der Waals surface area contributed by atoms with Crippen molar-refractivity contribution in [3.8, 4) is 28.7 Å². The maximum atomic E-state index is 15.1. The van der Waals surface area contributed by atoms with Crippen LogP contribution in [0.4, 0.5) is 43.9 Å². The van der Waals surface area contributed by atoms with Gasteiger partial charge in [0.25, 0.3) is 0 Å². The van der Waals surface area contributed by atoms with Gasteiger partial charge in [-0.25, -0.2) is 43.9 Å². The van der Waals surface area contributed by atoms with Gasteiger partial charge in [-0.15, -0.1) is 0 Å². The minimum absolute atomic E-state index is 0.0168. The Hall–Kier alpha value is -9.14. The summed E-state index contributed by atoms with van der Waals surface area (Å²) in [6, 6.07) is 48.9. The number of hydrogen-bond donors (Lipinski definition) is 1. The third-order valence-electron chi connectivity index (χ3n) is 29.2. The van der Waals surface area contributed by atoms with Crippen LogP contribution in [0.25, 0.3) is 0 Å². The SMILES string of the molecule is CC/C=C/[C@@H]1OCC[C@@]2(Cc3ccc(Cl)cc3)c3c(F)ccc(F)c3OC[C@@H]12.CC/C=C/[C@@H]1OCC[C@@]2(Cc3ccc(Cl)cc3)c3c(F)ccc(F)c3OC[C@@H]12.CCCC[C@@H]1OCC[C@@]2(Cc3ccc(Cl)cc3)c3c(F)ccc(F)c3OC[C@@H]12.O=CC1OCCC2(Cc3ccc(Cl)cc3)c3c(F)ccc(F)c3OCC12.OCC1OCCC2(Cc3ccc(Cl)cc3)c3c(F)ccc(F)c3OCC12. The van der Waals surface area contributed by atoms with Gasteiger partial charge in [0.1, 0.15) is 41.5 Å². The molecule has 5 saturated heterocycles. The molecule has 0 aliphatic carbocycles. The highest BCUT2D eigenvalue weighted by atomic mass is 35.5. The van der Waals surface area contributed by atoms with Gasteiger partial charge < -0.3 is 57.3 Å². The molecule has 0 bridgehead atoms. The summed E-state index contributed by atoms with van der Waals surface area (Å²) in [4.78, 5) is 11.6. The highest BCUT2D eigenvalue weighted by molar-refractivity contribution is 6.31. The van der Waals surface area contributed by atoms with Gasteiger partial charge >= 0.3 is 0 Å². The van der Waals surface area contributed by atoms with Gasteiger partial charge in [-0.2, -0.15) is 0 Å². The van der Waals surface area contributed by atoms with Crippen LogP contribution >= 0.6 is 58.0 Å². The maximum Gasteiger partial charge on any atom is 0.165 e. The van der Waals surface area contributed by atoms with Crippen molar-refractivity contribution in [2.45, 2.75) is 175 Å². The first-order valence-electron chi connectivity index (χ1n) is 46.5. The van der Waals surface area contributed by atoms with Crippen molar-refractivity contribution in [2.24, 2.45) is 29.6 Å². The zero-order chi connectivity index (χ0) is 95.8. The van der Waals surface area contributed by atoms with Crippen molar-refractivity contribution in [2.75, 3.05) is 72.7 Å². The first-order chi connectivity index (χ1) is 65.7. The average molecular weight is 1980 g/mol. The molecule has 136 heavy (non-hydrogen) atoms. The zero-order valence-electron chi connectivity index (χ0n) is 75.5. The molecule has 10 aliphatic rings. The Labute approximate surface area is 811 Å². The number of carbonyl (C=O) groups excluding carboxylic acids is 1. The Balaban J connectivity index is 0.000000123. The first-order valence-corrected chi connectivity index (χ1v) is 48.4. The van der Waals surface area contributed by atoms with Crippen molar-refractivity contribution in [3.05, 3.63) is 345 Å². The summed E-state index contributed by atoms with van der Waals surface area (Å²) in [5.41, 5.74) is 3.31. The van der Waals surface area contributed by atoms with Crippen molar-refractivity contribution in [3.63, 3.8) is 0 Å². The van der Waals surface area contributed by atoms with Crippen LogP contribution in [0, 0.1) is 87.8 Å². The van der Waals surface area contributed by atoms with Crippen LogP contribution < -0.4 is 23.7 Å². The molecule has 0 aromatic heterocycles. The van der Waals surface area contributed by atoms with E-state index in [2.05, 4.69) is 32.9 Å². The molecule has 0 radical (unpaired) electrons. The number of aliphatic hydroxyl groups is 1. The molecule has 10 aromatic carbocycles. The summed E-state index contributed by atoms with van der Waals surface area (Å²) >= 11 is 30.1. The smallest absolute Gasteiger partial charge is 0.165 e. The molecule has 0 saturated carbocycles. The third-order valence-corrected chi connectivity index (χ3v) is 30.5. The molecule has 15 atom stereocenters. The van der Waals surface area contributed by atoms with Crippen LogP contribution in [-0.2, 0) is 87.7 Å². The van der Waals surface area contributed by atoms with Gasteiger partial charge in [0.05, 0.1) is 64.1 Å². The molecule has 20 rings (SSSR count). The van der Waals surface area contributed by atoms with E-state index >= 15 is 13.2 Å². The first kappa shape index (κ1) is 99.9. The number of halogens is 15. The molecule has 10 aromatic rings. The molecule has 10 heterocycles. The van der Waals surface area contributed by atoms with Crippen molar-refractivity contribution in [1.82, 2.24) is 0 Å². The molecule has 0 spiro atoms. The second-order valence-corrected chi connectivity index (χ2v) is 38.9. The van der Waals surface area contributed by atoms with Gasteiger partial charge in [-0.05, 0) is 233 Å². The number of allylic oxidation sites excluding steroid dienone is 2. The lowest BCUT2D eigenvalue weighted by molar-refractivity contribution is -0.136. The van der Waals surface area contributed by atoms with E-state index in [0.717, 1.165) is 109 Å². The second kappa shape index (κ2) is 43.7. The minimum Gasteiger partial charge on any atom is -0.490 e. The zero-order valence-corrected chi connectivity index (χ0v) is 79.3. The lowest BCUT2D eigenvalue weighted by atomic mass is 9.60. The van der Waals surface area contributed by atoms with Gasteiger partial charge in [-0.3, -0.25) is 0 Å². The number of hydrogen-bond acceptors (Lipinski definition) is 12. The fourth-order valence-electron chi connectivity index (χ4n) is 22.8. The number of unbranched alkanes of at least 4 members (excludes halogenated alkanes) is 1. The number of benzene rings is 10. The molecule has 1 N–H and O–H groups in total. The highest BCUT2D eigenvalue weighted by Gasteiger charge is 2.59. The topological polar surface area (TPSA) is 130 Å². The Morgan fingerprint density at radius 2 is 0.537 bits per heavy atom. The number of fused-ring (bicyclic) bond motifs is 15. The van der Waals surface area contributed by atoms with Gasteiger partial charge in [0.15, 0.2) is 57.8 Å². The van der Waals surface area contributed by atoms with Crippen molar-refractivity contribution in [1.29, 1.82) is 0 Å². The van der Waals surface area contributed by atoms with Crippen molar-refractivity contribution >= 4 is 64.3 Å². The molecule has 27 heteroatoms. The second-order valence-electron chi connectivity index (χ2n) is 36.8. The summed E-state index contributed by atoms with van der Waals surface area (Å²) in [5, 5.41) is 12.9. The normalized spacial score (nSPS) is 26.8. The van der Waals surface area contributed by atoms with Crippen LogP contribution in [0.1, 0.15) is 141 Å². The van der Waals surface area contributed by atoms with Gasteiger partial charge in [-0.1, -0.05) is 177 Å². The predicted octanol–water partition coefficient (Wildman–Crippen LogP) is 25.8. The Morgan fingerprint density at radius 1 is 0.309 bits per heavy atom. The largest absolute Gasteiger partial charge is 0.490 e. The van der Waals surface area contributed by atoms with Crippen LogP contribution in [0.2, 0.25) is 25.1 Å². The summed E-state index contributed by atoms with van der Waals surface area (Å²) in [6.45, 7) is 9.43. The van der Waals surface area contributed by atoms with Crippen molar-refractivity contribution < 1.29 is 101 Å². The molecule has 6 unspecified atom stereocenters. The average Bonchev–Trinajstić information content (AvgIpc) is 0.741. The van der Waals surface area contributed by atoms with Crippen LogP contribution in [-0.4, -0.2) is 115 Å². The Kier molecular flexibility index (Phi) is 32.1. The quantitative estimate of drug-likeness (QED) is 0.0470. The van der Waals surface area contributed by atoms with E-state index in [0.29, 0.717) is 159 Å². The van der Waals surface area contributed by atoms with E-state index in [4.69, 9.17) is 105 Å². The molecule has 5 fully saturated rings. The lowest BCUT2D eigenvalue weighted by Crippen LogP contribution is -2.55. The number of ether oxygens (including phenoxy) is 10. The Morgan fingerprint density at radius 3 is 0.794 bits per heavy atom. The minimum atomic E-state index is -0.780. The highest BCUT2D eigenvalue weighted by Crippen LogP contribution is 2.59. The van der Waals surface area contributed by atoms with Crippen LogP contribution in [0.3, 0.4) is 0 Å². The number of aldehydes is 1. The van der Waals surface area contributed by atoms with E-state index in [1.54, 1.807) is 24.3 Å². The number of aliphatic hydroxyl groups excluding tert-OH is 1. The molecule has 10 aliphatic heterocycles. The summed E-state index contributed by atoms with van der Waals surface area (Å²) < 4.78 is 205. The maximum absolute atomic E-state index is 15.1.